The Morgan fingerprint density at radius 3 is 2.61 bits per heavy atom. The van der Waals surface area contributed by atoms with Crippen molar-refractivity contribution in [3.8, 4) is 17.2 Å². The maximum absolute atomic E-state index is 13.9. The number of rotatable bonds is 10. The van der Waals surface area contributed by atoms with Crippen molar-refractivity contribution in [3.05, 3.63) is 97.2 Å². The van der Waals surface area contributed by atoms with E-state index in [1.54, 1.807) is 49.8 Å². The summed E-state index contributed by atoms with van der Waals surface area (Å²) in [4.78, 5) is 32.2. The molecule has 1 aliphatic heterocycles. The highest BCUT2D eigenvalue weighted by Gasteiger charge is 2.34. The maximum Gasteiger partial charge on any atom is 0.338 e. The average Bonchev–Trinajstić information content (AvgIpc) is 3.21. The molecule has 1 atom stereocenters. The van der Waals surface area contributed by atoms with E-state index in [1.807, 2.05) is 37.3 Å². The molecule has 3 aromatic rings. The van der Waals surface area contributed by atoms with Gasteiger partial charge in [0.15, 0.2) is 16.3 Å². The van der Waals surface area contributed by atoms with Crippen molar-refractivity contribution in [1.82, 2.24) is 4.57 Å². The van der Waals surface area contributed by atoms with Crippen LogP contribution in [0.2, 0.25) is 0 Å². The molecule has 4 rings (SSSR count). The number of nitrogens with zero attached hydrogens (tertiary/aromatic N) is 2. The number of hydrogen-bond acceptors (Lipinski definition) is 8. The standard InChI is InChI=1S/C29H30N2O6S/c1-6-15-37-21-12-10-9-11-19(21)17-24-27(32)31-26(20-13-14-22(34-5)23(16-20)35-7-2)25(28(33)36-8-3)18(4)30-29(31)38-24/h6,9-14,16-17,26H,1,7-8,15H2,2-5H3/b24-17+/t26-/m0/s1. The number of benzene rings is 2. The van der Waals surface area contributed by atoms with Crippen molar-refractivity contribution >= 4 is 23.4 Å². The first kappa shape index (κ1) is 26.9. The molecular formula is C29H30N2O6S. The molecule has 0 saturated heterocycles. The normalized spacial score (nSPS) is 14.9. The zero-order valence-electron chi connectivity index (χ0n) is 21.9. The predicted molar refractivity (Wildman–Crippen MR) is 147 cm³/mol. The zero-order valence-corrected chi connectivity index (χ0v) is 22.7. The Kier molecular flexibility index (Phi) is 8.48. The summed E-state index contributed by atoms with van der Waals surface area (Å²) < 4.78 is 24.4. The fourth-order valence-electron chi connectivity index (χ4n) is 4.26. The van der Waals surface area contributed by atoms with E-state index < -0.39 is 12.0 Å². The lowest BCUT2D eigenvalue weighted by atomic mass is 9.95. The van der Waals surface area contributed by atoms with Crippen LogP contribution in [0.5, 0.6) is 17.2 Å². The average molecular weight is 535 g/mol. The van der Waals surface area contributed by atoms with Crippen LogP contribution < -0.4 is 29.1 Å². The second-order valence-electron chi connectivity index (χ2n) is 8.28. The summed E-state index contributed by atoms with van der Waals surface area (Å²) >= 11 is 1.25. The lowest BCUT2D eigenvalue weighted by Crippen LogP contribution is -2.40. The minimum absolute atomic E-state index is 0.195. The molecule has 1 aromatic heterocycles. The number of para-hydroxylation sites is 1. The van der Waals surface area contributed by atoms with Crippen LogP contribution in [-0.2, 0) is 9.53 Å². The Labute approximate surface area is 224 Å². The first-order chi connectivity index (χ1) is 18.4. The van der Waals surface area contributed by atoms with Crippen molar-refractivity contribution in [2.45, 2.75) is 26.8 Å². The minimum Gasteiger partial charge on any atom is -0.493 e. The highest BCUT2D eigenvalue weighted by atomic mass is 32.1. The molecule has 1 aliphatic rings. The second-order valence-corrected chi connectivity index (χ2v) is 9.29. The molecule has 0 fully saturated rings. The number of methoxy groups -OCH3 is 1. The van der Waals surface area contributed by atoms with Crippen molar-refractivity contribution in [1.29, 1.82) is 0 Å². The van der Waals surface area contributed by atoms with Gasteiger partial charge in [-0.3, -0.25) is 9.36 Å². The monoisotopic (exact) mass is 534 g/mol. The van der Waals surface area contributed by atoms with Gasteiger partial charge in [0.25, 0.3) is 5.56 Å². The number of esters is 1. The molecule has 0 amide bonds. The highest BCUT2D eigenvalue weighted by molar-refractivity contribution is 7.07. The largest absolute Gasteiger partial charge is 0.493 e. The number of fused-ring (bicyclic) bond motifs is 1. The van der Waals surface area contributed by atoms with Gasteiger partial charge >= 0.3 is 5.97 Å². The van der Waals surface area contributed by atoms with Crippen LogP contribution in [-0.4, -0.2) is 37.5 Å². The van der Waals surface area contributed by atoms with Gasteiger partial charge in [-0.05, 0) is 50.6 Å². The summed E-state index contributed by atoms with van der Waals surface area (Å²) in [5.41, 5.74) is 1.94. The number of allylic oxidation sites excluding steroid dienone is 1. The predicted octanol–water partition coefficient (Wildman–Crippen LogP) is 3.77. The van der Waals surface area contributed by atoms with E-state index in [0.717, 1.165) is 5.56 Å². The third-order valence-corrected chi connectivity index (χ3v) is 6.87. The van der Waals surface area contributed by atoms with Crippen molar-refractivity contribution in [3.63, 3.8) is 0 Å². The molecule has 8 nitrogen and oxygen atoms in total. The smallest absolute Gasteiger partial charge is 0.338 e. The van der Waals surface area contributed by atoms with Crippen LogP contribution in [0.1, 0.15) is 37.9 Å². The first-order valence-electron chi connectivity index (χ1n) is 12.3. The maximum atomic E-state index is 13.9. The van der Waals surface area contributed by atoms with E-state index >= 15 is 0 Å². The molecule has 9 heteroatoms. The highest BCUT2D eigenvalue weighted by Crippen LogP contribution is 2.36. The third-order valence-electron chi connectivity index (χ3n) is 5.88. The van der Waals surface area contributed by atoms with E-state index in [2.05, 4.69) is 11.6 Å². The van der Waals surface area contributed by atoms with Crippen molar-refractivity contribution in [2.75, 3.05) is 26.9 Å². The summed E-state index contributed by atoms with van der Waals surface area (Å²) in [6, 6.07) is 12.1. The number of thiazole rings is 1. The molecule has 38 heavy (non-hydrogen) atoms. The Hall–Kier alpha value is -4.11. The Balaban J connectivity index is 1.95. The Bertz CT molecular complexity index is 1570. The fraction of sp³-hybridized carbons (Fsp3) is 0.276. The molecule has 2 heterocycles. The van der Waals surface area contributed by atoms with Crippen LogP contribution in [0.3, 0.4) is 0 Å². The van der Waals surface area contributed by atoms with Crippen LogP contribution in [0.4, 0.5) is 0 Å². The van der Waals surface area contributed by atoms with Crippen molar-refractivity contribution < 1.29 is 23.7 Å². The summed E-state index contributed by atoms with van der Waals surface area (Å²) in [7, 11) is 1.56. The molecule has 0 unspecified atom stereocenters. The number of carbonyl (C=O) groups excluding carboxylic acids is 1. The Morgan fingerprint density at radius 1 is 1.11 bits per heavy atom. The lowest BCUT2D eigenvalue weighted by molar-refractivity contribution is -0.139. The molecule has 0 spiro atoms. The van der Waals surface area contributed by atoms with Gasteiger partial charge in [0.2, 0.25) is 0 Å². The summed E-state index contributed by atoms with van der Waals surface area (Å²) in [6.45, 7) is 10.0. The molecule has 0 aliphatic carbocycles. The zero-order chi connectivity index (χ0) is 27.2. The Morgan fingerprint density at radius 2 is 1.89 bits per heavy atom. The van der Waals surface area contributed by atoms with Gasteiger partial charge in [-0.15, -0.1) is 0 Å². The van der Waals surface area contributed by atoms with Crippen LogP contribution >= 0.6 is 11.3 Å². The van der Waals surface area contributed by atoms with Gasteiger partial charge in [0.1, 0.15) is 12.4 Å². The molecule has 0 saturated carbocycles. The van der Waals surface area contributed by atoms with E-state index in [1.165, 1.54) is 11.3 Å². The van der Waals surface area contributed by atoms with Crippen LogP contribution in [0.15, 0.2) is 76.2 Å². The van der Waals surface area contributed by atoms with Gasteiger partial charge in [-0.1, -0.05) is 48.3 Å². The van der Waals surface area contributed by atoms with E-state index in [9.17, 15) is 9.59 Å². The molecule has 0 N–H and O–H groups in total. The van der Waals surface area contributed by atoms with Crippen LogP contribution in [0, 0.1) is 0 Å². The van der Waals surface area contributed by atoms with E-state index in [4.69, 9.17) is 18.9 Å². The molecule has 2 aromatic carbocycles. The molecule has 198 valence electrons. The lowest BCUT2D eigenvalue weighted by Gasteiger charge is -2.25. The second kappa shape index (κ2) is 12.0. The van der Waals surface area contributed by atoms with E-state index in [0.29, 0.717) is 56.6 Å². The minimum atomic E-state index is -0.759. The third kappa shape index (κ3) is 5.28. The van der Waals surface area contributed by atoms with Crippen LogP contribution in [0.25, 0.3) is 6.08 Å². The first-order valence-corrected chi connectivity index (χ1v) is 13.1. The van der Waals surface area contributed by atoms with Gasteiger partial charge in [-0.2, -0.15) is 0 Å². The number of aromatic nitrogens is 1. The number of carbonyl (C=O) groups is 1. The number of ether oxygens (including phenoxy) is 4. The summed E-state index contributed by atoms with van der Waals surface area (Å²) in [5.74, 6) is 1.18. The molecular weight excluding hydrogens is 504 g/mol. The van der Waals surface area contributed by atoms with Crippen molar-refractivity contribution in [2.24, 2.45) is 4.99 Å². The fourth-order valence-corrected chi connectivity index (χ4v) is 5.30. The van der Waals surface area contributed by atoms with Gasteiger partial charge < -0.3 is 18.9 Å². The molecule has 0 radical (unpaired) electrons. The van der Waals surface area contributed by atoms with Gasteiger partial charge in [0.05, 0.1) is 42.2 Å². The van der Waals surface area contributed by atoms with Gasteiger partial charge in [0, 0.05) is 5.56 Å². The summed E-state index contributed by atoms with van der Waals surface area (Å²) in [5, 5.41) is 0. The van der Waals surface area contributed by atoms with Gasteiger partial charge in [-0.25, -0.2) is 9.79 Å². The topological polar surface area (TPSA) is 88.3 Å². The quantitative estimate of drug-likeness (QED) is 0.291. The van der Waals surface area contributed by atoms with E-state index in [-0.39, 0.29) is 12.2 Å². The summed E-state index contributed by atoms with van der Waals surface area (Å²) in [6.07, 6.45) is 3.44. The molecule has 0 bridgehead atoms. The number of hydrogen-bond donors (Lipinski definition) is 0. The SMILES string of the molecule is C=CCOc1ccccc1/C=c1/sc2n(c1=O)[C@@H](c1ccc(OC)c(OCC)c1)C(C(=O)OCC)=C(C)N=2.